The predicted molar refractivity (Wildman–Crippen MR) is 80.4 cm³/mol. The number of nitrogens with zero attached hydrogens (tertiary/aromatic N) is 1. The number of hydrogen-bond acceptors (Lipinski definition) is 4. The van der Waals surface area contributed by atoms with Gasteiger partial charge in [0.05, 0.1) is 5.69 Å². The molecule has 1 aliphatic carbocycles. The van der Waals surface area contributed by atoms with Crippen molar-refractivity contribution < 1.29 is 9.90 Å². The van der Waals surface area contributed by atoms with Gasteiger partial charge in [-0.1, -0.05) is 0 Å². The number of phenols is 1. The molecule has 20 heavy (non-hydrogen) atoms. The molecule has 1 aromatic carbocycles. The zero-order valence-electron chi connectivity index (χ0n) is 10.9. The van der Waals surface area contributed by atoms with Crippen LogP contribution in [-0.4, -0.2) is 22.9 Å². The standard InChI is InChI=1S/C15H13BrN2O2/c1-17-12-6-11-8(5-13(12)19)2-3-9-4-10(16)7-18-14(9)15(11)20/h4-7,17,19H,2-3H2,1H3. The first-order valence-corrected chi connectivity index (χ1v) is 7.12. The van der Waals surface area contributed by atoms with Crippen LogP contribution >= 0.6 is 15.9 Å². The molecule has 5 heteroatoms. The number of benzene rings is 1. The number of fused-ring (bicyclic) bond motifs is 2. The molecule has 102 valence electrons. The number of carbonyl (C=O) groups is 1. The molecule has 4 nitrogen and oxygen atoms in total. The summed E-state index contributed by atoms with van der Waals surface area (Å²) in [7, 11) is 1.71. The molecule has 1 heterocycles. The number of halogens is 1. The zero-order valence-corrected chi connectivity index (χ0v) is 12.5. The molecule has 2 N–H and O–H groups in total. The summed E-state index contributed by atoms with van der Waals surface area (Å²) in [6.45, 7) is 0. The summed E-state index contributed by atoms with van der Waals surface area (Å²) in [5.74, 6) is 0.0793. The molecule has 0 spiro atoms. The third-order valence-corrected chi connectivity index (χ3v) is 3.98. The molecule has 0 amide bonds. The molecule has 1 aromatic heterocycles. The Bertz CT molecular complexity index is 713. The second-order valence-corrected chi connectivity index (χ2v) is 5.68. The minimum atomic E-state index is -0.0866. The predicted octanol–water partition coefficient (Wildman–Crippen LogP) is 2.92. The Balaban J connectivity index is 2.18. The summed E-state index contributed by atoms with van der Waals surface area (Å²) >= 11 is 3.38. The molecule has 0 bridgehead atoms. The van der Waals surface area contributed by atoms with Crippen LogP contribution in [0, 0.1) is 0 Å². The Morgan fingerprint density at radius 2 is 2.00 bits per heavy atom. The van der Waals surface area contributed by atoms with Gasteiger partial charge in [-0.05, 0) is 58.1 Å². The summed E-state index contributed by atoms with van der Waals surface area (Å²) in [6, 6.07) is 5.30. The van der Waals surface area contributed by atoms with Gasteiger partial charge in [-0.3, -0.25) is 9.78 Å². The molecule has 1 aliphatic rings. The normalized spacial score (nSPS) is 13.4. The number of hydrogen-bond donors (Lipinski definition) is 2. The minimum Gasteiger partial charge on any atom is -0.506 e. The van der Waals surface area contributed by atoms with Crippen LogP contribution in [0.5, 0.6) is 5.75 Å². The summed E-state index contributed by atoms with van der Waals surface area (Å²) in [5.41, 5.74) is 3.46. The highest BCUT2D eigenvalue weighted by atomic mass is 79.9. The lowest BCUT2D eigenvalue weighted by molar-refractivity contribution is 0.103. The van der Waals surface area contributed by atoms with Crippen molar-refractivity contribution in [1.82, 2.24) is 4.98 Å². The van der Waals surface area contributed by atoms with Gasteiger partial charge in [-0.15, -0.1) is 0 Å². The van der Waals surface area contributed by atoms with Crippen LogP contribution < -0.4 is 5.32 Å². The van der Waals surface area contributed by atoms with Crippen molar-refractivity contribution in [3.8, 4) is 5.75 Å². The number of rotatable bonds is 1. The van der Waals surface area contributed by atoms with Crippen LogP contribution in [0.2, 0.25) is 0 Å². The van der Waals surface area contributed by atoms with E-state index in [1.54, 1.807) is 25.4 Å². The first-order valence-electron chi connectivity index (χ1n) is 6.33. The van der Waals surface area contributed by atoms with E-state index in [0.29, 0.717) is 23.4 Å². The van der Waals surface area contributed by atoms with E-state index in [-0.39, 0.29) is 11.5 Å². The molecule has 2 aromatic rings. The van der Waals surface area contributed by atoms with Crippen LogP contribution in [0.25, 0.3) is 0 Å². The fraction of sp³-hybridized carbons (Fsp3) is 0.200. The lowest BCUT2D eigenvalue weighted by Crippen LogP contribution is -2.07. The van der Waals surface area contributed by atoms with Crippen molar-refractivity contribution in [2.75, 3.05) is 12.4 Å². The average Bonchev–Trinajstić information content (AvgIpc) is 2.56. The van der Waals surface area contributed by atoms with E-state index < -0.39 is 0 Å². The van der Waals surface area contributed by atoms with Gasteiger partial charge in [0.15, 0.2) is 0 Å². The maximum atomic E-state index is 12.6. The van der Waals surface area contributed by atoms with Gasteiger partial charge < -0.3 is 10.4 Å². The fourth-order valence-electron chi connectivity index (χ4n) is 2.52. The Kier molecular flexibility index (Phi) is 3.22. The third kappa shape index (κ3) is 2.08. The Hall–Kier alpha value is -1.88. The maximum absolute atomic E-state index is 12.6. The maximum Gasteiger partial charge on any atom is 0.211 e. The average molecular weight is 333 g/mol. The van der Waals surface area contributed by atoms with E-state index >= 15 is 0 Å². The summed E-state index contributed by atoms with van der Waals surface area (Å²) < 4.78 is 0.869. The number of aromatic nitrogens is 1. The van der Waals surface area contributed by atoms with Crippen LogP contribution in [0.4, 0.5) is 5.69 Å². The van der Waals surface area contributed by atoms with Gasteiger partial charge in [0.25, 0.3) is 0 Å². The highest BCUT2D eigenvalue weighted by Gasteiger charge is 2.24. The second-order valence-electron chi connectivity index (χ2n) is 4.77. The lowest BCUT2D eigenvalue weighted by Gasteiger charge is -2.10. The van der Waals surface area contributed by atoms with Gasteiger partial charge in [0.2, 0.25) is 5.78 Å². The van der Waals surface area contributed by atoms with Gasteiger partial charge in [-0.25, -0.2) is 0 Å². The zero-order chi connectivity index (χ0) is 14.3. The van der Waals surface area contributed by atoms with Crippen LogP contribution in [0.3, 0.4) is 0 Å². The summed E-state index contributed by atoms with van der Waals surface area (Å²) in [4.78, 5) is 16.9. The first kappa shape index (κ1) is 13.1. The van der Waals surface area contributed by atoms with Crippen molar-refractivity contribution in [2.24, 2.45) is 0 Å². The van der Waals surface area contributed by atoms with E-state index in [1.165, 1.54) is 0 Å². The molecule has 0 unspecified atom stereocenters. The van der Waals surface area contributed by atoms with Gasteiger partial charge >= 0.3 is 0 Å². The molecule has 3 rings (SSSR count). The largest absolute Gasteiger partial charge is 0.506 e. The Labute approximate surface area is 125 Å². The Morgan fingerprint density at radius 3 is 2.75 bits per heavy atom. The van der Waals surface area contributed by atoms with Crippen molar-refractivity contribution >= 4 is 27.4 Å². The quantitative estimate of drug-likeness (QED) is 0.788. The smallest absolute Gasteiger partial charge is 0.211 e. The second kappa shape index (κ2) is 4.90. The van der Waals surface area contributed by atoms with Crippen LogP contribution in [0.1, 0.15) is 27.2 Å². The molecular weight excluding hydrogens is 320 g/mol. The summed E-state index contributed by atoms with van der Waals surface area (Å²) in [6.07, 6.45) is 3.09. The van der Waals surface area contributed by atoms with E-state index in [2.05, 4.69) is 26.2 Å². The van der Waals surface area contributed by atoms with Gasteiger partial charge in [-0.2, -0.15) is 0 Å². The number of aryl methyl sites for hydroxylation is 2. The third-order valence-electron chi connectivity index (χ3n) is 3.55. The highest BCUT2D eigenvalue weighted by molar-refractivity contribution is 9.10. The number of pyridine rings is 1. The molecule has 0 saturated carbocycles. The monoisotopic (exact) mass is 332 g/mol. The van der Waals surface area contributed by atoms with Gasteiger partial charge in [0, 0.05) is 23.3 Å². The number of anilines is 1. The van der Waals surface area contributed by atoms with Crippen LogP contribution in [-0.2, 0) is 12.8 Å². The number of carbonyl (C=O) groups excluding carboxylic acids is 1. The molecular formula is C15H13BrN2O2. The van der Waals surface area contributed by atoms with E-state index in [9.17, 15) is 9.90 Å². The van der Waals surface area contributed by atoms with E-state index in [4.69, 9.17) is 0 Å². The number of nitrogens with one attached hydrogen (secondary N) is 1. The molecule has 0 atom stereocenters. The number of aromatic hydroxyl groups is 1. The first-order chi connectivity index (χ1) is 9.60. The lowest BCUT2D eigenvalue weighted by atomic mass is 10.00. The molecule has 0 saturated heterocycles. The number of phenolic OH excluding ortho intramolecular Hbond substituents is 1. The molecule has 0 aliphatic heterocycles. The Morgan fingerprint density at radius 1 is 1.25 bits per heavy atom. The van der Waals surface area contributed by atoms with Crippen LogP contribution in [0.15, 0.2) is 28.9 Å². The van der Waals surface area contributed by atoms with Gasteiger partial charge in [0.1, 0.15) is 11.4 Å². The SMILES string of the molecule is CNc1cc2c(cc1O)CCc1cc(Br)cnc1C2=O. The highest BCUT2D eigenvalue weighted by Crippen LogP contribution is 2.32. The number of ketones is 1. The van der Waals surface area contributed by atoms with Crippen molar-refractivity contribution in [3.05, 3.63) is 51.3 Å². The van der Waals surface area contributed by atoms with E-state index in [0.717, 1.165) is 22.0 Å². The summed E-state index contributed by atoms with van der Waals surface area (Å²) in [5, 5.41) is 12.8. The van der Waals surface area contributed by atoms with Crippen molar-refractivity contribution in [2.45, 2.75) is 12.8 Å². The minimum absolute atomic E-state index is 0.0866. The van der Waals surface area contributed by atoms with E-state index in [1.807, 2.05) is 6.07 Å². The molecule has 0 fully saturated rings. The fourth-order valence-corrected chi connectivity index (χ4v) is 2.90. The van der Waals surface area contributed by atoms with Crippen molar-refractivity contribution in [3.63, 3.8) is 0 Å². The molecule has 0 radical (unpaired) electrons. The topological polar surface area (TPSA) is 62.2 Å². The van der Waals surface area contributed by atoms with Crippen molar-refractivity contribution in [1.29, 1.82) is 0 Å².